The van der Waals surface area contributed by atoms with Crippen molar-refractivity contribution in [3.63, 3.8) is 0 Å². The molecule has 0 aliphatic heterocycles. The minimum absolute atomic E-state index is 0.113. The Morgan fingerprint density at radius 1 is 1.04 bits per heavy atom. The second kappa shape index (κ2) is 7.27. The first-order valence-corrected chi connectivity index (χ1v) is 9.38. The Morgan fingerprint density at radius 3 is 2.36 bits per heavy atom. The first-order chi connectivity index (χ1) is 11.6. The maximum Gasteiger partial charge on any atom is 0.337 e. The number of hydrogen-bond donors (Lipinski definition) is 0. The summed E-state index contributed by atoms with van der Waals surface area (Å²) in [4.78, 5) is 11.6. The highest BCUT2D eigenvalue weighted by atomic mass is 32.2. The smallest absolute Gasteiger partial charge is 0.337 e. The molecule has 2 aromatic carbocycles. The molecular weight excluding hydrogens is 340 g/mol. The van der Waals surface area contributed by atoms with E-state index in [0.717, 1.165) is 5.56 Å². The van der Waals surface area contributed by atoms with E-state index in [0.29, 0.717) is 11.1 Å². The summed E-state index contributed by atoms with van der Waals surface area (Å²) in [5.41, 5.74) is 1.62. The summed E-state index contributed by atoms with van der Waals surface area (Å²) in [6.45, 7) is 6.12. The van der Waals surface area contributed by atoms with Gasteiger partial charge in [-0.2, -0.15) is 8.42 Å². The average Bonchev–Trinajstić information content (AvgIpc) is 2.52. The summed E-state index contributed by atoms with van der Waals surface area (Å²) in [6.07, 6.45) is 0. The van der Waals surface area contributed by atoms with Gasteiger partial charge < -0.3 is 8.92 Å². The summed E-state index contributed by atoms with van der Waals surface area (Å²) in [7, 11) is -2.58. The molecule has 0 unspecified atom stereocenters. The van der Waals surface area contributed by atoms with Crippen molar-refractivity contribution in [2.24, 2.45) is 0 Å². The van der Waals surface area contributed by atoms with Crippen LogP contribution in [0.3, 0.4) is 0 Å². The van der Waals surface area contributed by atoms with E-state index < -0.39 is 16.1 Å². The highest BCUT2D eigenvalue weighted by Crippen LogP contribution is 2.26. The van der Waals surface area contributed by atoms with Crippen LogP contribution in [0.25, 0.3) is 0 Å². The predicted octanol–water partition coefficient (Wildman–Crippen LogP) is 3.68. The van der Waals surface area contributed by atoms with Gasteiger partial charge in [-0.15, -0.1) is 0 Å². The fraction of sp³-hybridized carbons (Fsp3) is 0.316. The number of ether oxygens (including phenoxy) is 1. The zero-order valence-electron chi connectivity index (χ0n) is 14.8. The van der Waals surface area contributed by atoms with Gasteiger partial charge in [-0.25, -0.2) is 4.79 Å². The van der Waals surface area contributed by atoms with Crippen LogP contribution in [0.1, 0.15) is 42.3 Å². The highest BCUT2D eigenvalue weighted by Gasteiger charge is 2.18. The Morgan fingerprint density at radius 2 is 1.72 bits per heavy atom. The lowest BCUT2D eigenvalue weighted by molar-refractivity contribution is 0.0600. The van der Waals surface area contributed by atoms with Crippen LogP contribution in [0.5, 0.6) is 5.75 Å². The molecular formula is C19H22O5S. The van der Waals surface area contributed by atoms with Crippen molar-refractivity contribution in [2.45, 2.75) is 31.9 Å². The molecule has 5 nitrogen and oxygen atoms in total. The average molecular weight is 362 g/mol. The zero-order chi connectivity index (χ0) is 18.7. The van der Waals surface area contributed by atoms with Crippen LogP contribution < -0.4 is 4.18 Å². The van der Waals surface area contributed by atoms with Crippen LogP contribution in [0.15, 0.2) is 48.5 Å². The summed E-state index contributed by atoms with van der Waals surface area (Å²) < 4.78 is 34.6. The molecule has 0 aromatic heterocycles. The number of carbonyl (C=O) groups excluding carboxylic acids is 1. The predicted molar refractivity (Wildman–Crippen MR) is 96.2 cm³/mol. The molecule has 0 saturated carbocycles. The summed E-state index contributed by atoms with van der Waals surface area (Å²) >= 11 is 0. The molecule has 2 rings (SSSR count). The molecule has 2 aromatic rings. The molecule has 0 saturated heterocycles. The second-order valence-corrected chi connectivity index (χ2v) is 8.33. The molecule has 25 heavy (non-hydrogen) atoms. The van der Waals surface area contributed by atoms with Crippen molar-refractivity contribution >= 4 is 16.1 Å². The molecule has 0 aliphatic carbocycles. The van der Waals surface area contributed by atoms with Crippen LogP contribution in [0.4, 0.5) is 0 Å². The lowest BCUT2D eigenvalue weighted by Crippen LogP contribution is -2.14. The van der Waals surface area contributed by atoms with E-state index >= 15 is 0 Å². The lowest BCUT2D eigenvalue weighted by atomic mass is 9.87. The van der Waals surface area contributed by atoms with Crippen molar-refractivity contribution in [3.8, 4) is 5.75 Å². The van der Waals surface area contributed by atoms with Gasteiger partial charge in [0.1, 0.15) is 11.5 Å². The number of rotatable bonds is 5. The van der Waals surface area contributed by atoms with Crippen molar-refractivity contribution < 1.29 is 22.1 Å². The van der Waals surface area contributed by atoms with Crippen LogP contribution in [0, 0.1) is 0 Å². The number of benzene rings is 2. The van der Waals surface area contributed by atoms with Gasteiger partial charge in [-0.1, -0.05) is 45.0 Å². The molecule has 0 spiro atoms. The Kier molecular flexibility index (Phi) is 5.52. The molecule has 0 atom stereocenters. The summed E-state index contributed by atoms with van der Waals surface area (Å²) in [6, 6.07) is 13.3. The first-order valence-electron chi connectivity index (χ1n) is 7.81. The van der Waals surface area contributed by atoms with E-state index in [1.807, 2.05) is 26.8 Å². The Bertz CT molecular complexity index is 863. The van der Waals surface area contributed by atoms with Gasteiger partial charge in [0.05, 0.1) is 12.7 Å². The third-order valence-electron chi connectivity index (χ3n) is 3.61. The number of hydrogen-bond acceptors (Lipinski definition) is 5. The number of carbonyl (C=O) groups is 1. The van der Waals surface area contributed by atoms with E-state index in [-0.39, 0.29) is 16.9 Å². The van der Waals surface area contributed by atoms with Gasteiger partial charge in [0.25, 0.3) is 0 Å². The number of esters is 1. The normalized spacial score (nSPS) is 11.8. The van der Waals surface area contributed by atoms with Gasteiger partial charge >= 0.3 is 16.1 Å². The monoisotopic (exact) mass is 362 g/mol. The molecule has 0 amide bonds. The minimum Gasteiger partial charge on any atom is -0.465 e. The SMILES string of the molecule is COC(=O)c1cccc(CS(=O)(=O)Oc2cccc(C(C)(C)C)c2)c1. The van der Waals surface area contributed by atoms with E-state index in [1.165, 1.54) is 13.2 Å². The van der Waals surface area contributed by atoms with Crippen molar-refractivity contribution in [2.75, 3.05) is 7.11 Å². The molecule has 134 valence electrons. The second-order valence-electron chi connectivity index (χ2n) is 6.76. The maximum atomic E-state index is 12.3. The van der Waals surface area contributed by atoms with E-state index in [9.17, 15) is 13.2 Å². The van der Waals surface area contributed by atoms with Gasteiger partial charge in [-0.3, -0.25) is 0 Å². The van der Waals surface area contributed by atoms with E-state index in [1.54, 1.807) is 36.4 Å². The molecule has 0 radical (unpaired) electrons. The van der Waals surface area contributed by atoms with Gasteiger partial charge in [-0.05, 0) is 40.8 Å². The van der Waals surface area contributed by atoms with Crippen LogP contribution in [-0.4, -0.2) is 21.5 Å². The van der Waals surface area contributed by atoms with Crippen LogP contribution in [-0.2, 0) is 26.0 Å². The Labute approximate surface area is 148 Å². The Hall–Kier alpha value is -2.34. The van der Waals surface area contributed by atoms with Gasteiger partial charge in [0.15, 0.2) is 0 Å². The molecule has 6 heteroatoms. The first kappa shape index (κ1) is 19.0. The van der Waals surface area contributed by atoms with Gasteiger partial charge in [0, 0.05) is 0 Å². The van der Waals surface area contributed by atoms with Crippen LogP contribution >= 0.6 is 0 Å². The largest absolute Gasteiger partial charge is 0.465 e. The summed E-state index contributed by atoms with van der Waals surface area (Å²) in [5, 5.41) is 0. The molecule has 0 fully saturated rings. The standard InChI is InChI=1S/C19H22O5S/c1-19(2,3)16-9-6-10-17(12-16)24-25(21,22)13-14-7-5-8-15(11-14)18(20)23-4/h5-12H,13H2,1-4H3. The van der Waals surface area contributed by atoms with Crippen LogP contribution in [0.2, 0.25) is 0 Å². The van der Waals surface area contributed by atoms with Crippen molar-refractivity contribution in [3.05, 3.63) is 65.2 Å². The topological polar surface area (TPSA) is 69.7 Å². The lowest BCUT2D eigenvalue weighted by Gasteiger charge is -2.19. The fourth-order valence-corrected chi connectivity index (χ4v) is 3.34. The van der Waals surface area contributed by atoms with Crippen molar-refractivity contribution in [1.82, 2.24) is 0 Å². The molecule has 0 heterocycles. The van der Waals surface area contributed by atoms with E-state index in [2.05, 4.69) is 4.74 Å². The zero-order valence-corrected chi connectivity index (χ0v) is 15.6. The molecule has 0 bridgehead atoms. The molecule has 0 aliphatic rings. The van der Waals surface area contributed by atoms with Crippen molar-refractivity contribution in [1.29, 1.82) is 0 Å². The minimum atomic E-state index is -3.85. The third kappa shape index (κ3) is 5.32. The highest BCUT2D eigenvalue weighted by molar-refractivity contribution is 7.86. The third-order valence-corrected chi connectivity index (χ3v) is 4.75. The quantitative estimate of drug-likeness (QED) is 0.599. The fourth-order valence-electron chi connectivity index (χ4n) is 2.30. The maximum absolute atomic E-state index is 12.3. The number of methoxy groups -OCH3 is 1. The molecule has 0 N–H and O–H groups in total. The Balaban J connectivity index is 2.19. The van der Waals surface area contributed by atoms with E-state index in [4.69, 9.17) is 4.18 Å². The van der Waals surface area contributed by atoms with Gasteiger partial charge in [0.2, 0.25) is 0 Å². The summed E-state index contributed by atoms with van der Waals surface area (Å²) in [5.74, 6) is -0.577.